The van der Waals surface area contributed by atoms with Crippen molar-refractivity contribution >= 4 is 22.4 Å². The minimum atomic E-state index is -2.65. The van der Waals surface area contributed by atoms with Crippen LogP contribution in [0, 0.1) is 0 Å². The minimum Gasteiger partial charge on any atom is -0.473 e. The van der Waals surface area contributed by atoms with Gasteiger partial charge in [0.25, 0.3) is 6.43 Å². The van der Waals surface area contributed by atoms with Gasteiger partial charge in [-0.25, -0.2) is 23.7 Å². The first-order valence-corrected chi connectivity index (χ1v) is 8.95. The van der Waals surface area contributed by atoms with Crippen molar-refractivity contribution in [3.05, 3.63) is 29.2 Å². The fourth-order valence-electron chi connectivity index (χ4n) is 2.85. The third-order valence-electron chi connectivity index (χ3n) is 4.04. The van der Waals surface area contributed by atoms with Crippen LogP contribution in [0.2, 0.25) is 0 Å². The summed E-state index contributed by atoms with van der Waals surface area (Å²) in [6, 6.07) is 1.45. The normalized spacial score (nSPS) is 20.5. The molecule has 3 rings (SSSR count). The molecule has 140 valence electrons. The molecule has 26 heavy (non-hydrogen) atoms. The van der Waals surface area contributed by atoms with Crippen LogP contribution in [0.1, 0.15) is 37.3 Å². The molecule has 0 saturated carbocycles. The standard InChI is InChI=1S/C16H19F2N5O2S/c1-9-3-11(25-14-4-13(15(17)18)20-8-21-14)6-23(9)7-12-5-19-16(26-12)22-10(2)24/h4-5,8-9,11,15H,3,6-7H2,1-2H3,(H,19,22,24)/t9-,11?/m0/s1. The second-order valence-electron chi connectivity index (χ2n) is 6.15. The van der Waals surface area contributed by atoms with Crippen molar-refractivity contribution in [1.82, 2.24) is 19.9 Å². The highest BCUT2D eigenvalue weighted by molar-refractivity contribution is 7.15. The first kappa shape index (κ1) is 18.6. The number of ether oxygens (including phenoxy) is 1. The van der Waals surface area contributed by atoms with Crippen LogP contribution in [0.15, 0.2) is 18.6 Å². The quantitative estimate of drug-likeness (QED) is 0.826. The van der Waals surface area contributed by atoms with Crippen molar-refractivity contribution < 1.29 is 18.3 Å². The SMILES string of the molecule is CC(=O)Nc1ncc(CN2CC(Oc3cc(C(F)F)ncn3)C[C@@H]2C)s1. The van der Waals surface area contributed by atoms with E-state index in [1.54, 1.807) is 6.20 Å². The van der Waals surface area contributed by atoms with Crippen molar-refractivity contribution in [1.29, 1.82) is 0 Å². The molecule has 2 aromatic heterocycles. The highest BCUT2D eigenvalue weighted by atomic mass is 32.1. The molecular weight excluding hydrogens is 364 g/mol. The number of amides is 1. The van der Waals surface area contributed by atoms with Crippen molar-refractivity contribution in [2.45, 2.75) is 45.4 Å². The Morgan fingerprint density at radius 2 is 2.27 bits per heavy atom. The molecule has 1 N–H and O–H groups in total. The van der Waals surface area contributed by atoms with Gasteiger partial charge in [0.1, 0.15) is 18.1 Å². The lowest BCUT2D eigenvalue weighted by Crippen LogP contribution is -2.27. The van der Waals surface area contributed by atoms with E-state index in [-0.39, 0.29) is 29.6 Å². The highest BCUT2D eigenvalue weighted by Gasteiger charge is 2.31. The lowest BCUT2D eigenvalue weighted by atomic mass is 10.2. The average molecular weight is 383 g/mol. The Kier molecular flexibility index (Phi) is 5.72. The van der Waals surface area contributed by atoms with Gasteiger partial charge in [0.2, 0.25) is 11.8 Å². The van der Waals surface area contributed by atoms with Crippen LogP contribution in [0.25, 0.3) is 0 Å². The zero-order chi connectivity index (χ0) is 18.7. The minimum absolute atomic E-state index is 0.131. The monoisotopic (exact) mass is 383 g/mol. The Hall–Kier alpha value is -2.20. The first-order chi connectivity index (χ1) is 12.4. The Balaban J connectivity index is 1.58. The van der Waals surface area contributed by atoms with E-state index in [2.05, 4.69) is 32.1 Å². The summed E-state index contributed by atoms with van der Waals surface area (Å²) in [5.74, 6) is 0.0157. The summed E-state index contributed by atoms with van der Waals surface area (Å²) in [6.45, 7) is 4.87. The number of halogens is 2. The van der Waals surface area contributed by atoms with E-state index in [1.165, 1.54) is 24.3 Å². The first-order valence-electron chi connectivity index (χ1n) is 8.14. The number of hydrogen-bond acceptors (Lipinski definition) is 7. The molecule has 2 aromatic rings. The molecule has 1 aliphatic heterocycles. The third kappa shape index (κ3) is 4.70. The fraction of sp³-hybridized carbons (Fsp3) is 0.500. The van der Waals surface area contributed by atoms with Crippen molar-refractivity contribution in [2.24, 2.45) is 0 Å². The number of nitrogens with one attached hydrogen (secondary N) is 1. The molecular formula is C16H19F2N5O2S. The van der Waals surface area contributed by atoms with E-state index < -0.39 is 6.43 Å². The van der Waals surface area contributed by atoms with E-state index in [0.717, 1.165) is 17.6 Å². The summed E-state index contributed by atoms with van der Waals surface area (Å²) in [5.41, 5.74) is -0.340. The summed E-state index contributed by atoms with van der Waals surface area (Å²) in [5, 5.41) is 3.24. The lowest BCUT2D eigenvalue weighted by Gasteiger charge is -2.19. The van der Waals surface area contributed by atoms with Gasteiger partial charge in [0, 0.05) is 49.6 Å². The number of thiazole rings is 1. The smallest absolute Gasteiger partial charge is 0.280 e. The maximum absolute atomic E-state index is 12.7. The molecule has 3 heterocycles. The molecule has 1 aliphatic rings. The molecule has 0 radical (unpaired) electrons. The van der Waals surface area contributed by atoms with Gasteiger partial charge in [-0.1, -0.05) is 0 Å². The molecule has 0 bridgehead atoms. The fourth-order valence-corrected chi connectivity index (χ4v) is 3.73. The van der Waals surface area contributed by atoms with Gasteiger partial charge >= 0.3 is 0 Å². The zero-order valence-electron chi connectivity index (χ0n) is 14.4. The lowest BCUT2D eigenvalue weighted by molar-refractivity contribution is -0.114. The molecule has 1 saturated heterocycles. The van der Waals surface area contributed by atoms with Crippen LogP contribution < -0.4 is 10.1 Å². The van der Waals surface area contributed by atoms with Crippen LogP contribution in [0.4, 0.5) is 13.9 Å². The number of likely N-dealkylation sites (tertiary alicyclic amines) is 1. The molecule has 2 atom stereocenters. The number of aromatic nitrogens is 3. The number of carbonyl (C=O) groups excluding carboxylic acids is 1. The molecule has 7 nitrogen and oxygen atoms in total. The topological polar surface area (TPSA) is 80.2 Å². The zero-order valence-corrected chi connectivity index (χ0v) is 15.2. The Morgan fingerprint density at radius 3 is 3.00 bits per heavy atom. The van der Waals surface area contributed by atoms with E-state index >= 15 is 0 Å². The number of alkyl halides is 2. The summed E-state index contributed by atoms with van der Waals surface area (Å²) in [7, 11) is 0. The number of nitrogens with zero attached hydrogens (tertiary/aromatic N) is 4. The molecule has 0 spiro atoms. The number of hydrogen-bond donors (Lipinski definition) is 1. The maximum Gasteiger partial charge on any atom is 0.280 e. The molecule has 1 amide bonds. The van der Waals surface area contributed by atoms with Crippen LogP contribution in [-0.4, -0.2) is 44.4 Å². The number of carbonyl (C=O) groups is 1. The average Bonchev–Trinajstić information content (AvgIpc) is 3.14. The van der Waals surface area contributed by atoms with Gasteiger partial charge in [0.05, 0.1) is 0 Å². The van der Waals surface area contributed by atoms with Gasteiger partial charge in [-0.3, -0.25) is 9.69 Å². The van der Waals surface area contributed by atoms with E-state index in [1.807, 2.05) is 0 Å². The van der Waals surface area contributed by atoms with Crippen molar-refractivity contribution in [3.63, 3.8) is 0 Å². The van der Waals surface area contributed by atoms with Crippen LogP contribution >= 0.6 is 11.3 Å². The largest absolute Gasteiger partial charge is 0.473 e. The summed E-state index contributed by atoms with van der Waals surface area (Å²) in [4.78, 5) is 26.0. The Labute approximate surface area is 153 Å². The van der Waals surface area contributed by atoms with Gasteiger partial charge in [-0.05, 0) is 6.92 Å². The van der Waals surface area contributed by atoms with E-state index in [9.17, 15) is 13.6 Å². The third-order valence-corrected chi connectivity index (χ3v) is 4.93. The second kappa shape index (κ2) is 8.00. The van der Waals surface area contributed by atoms with E-state index in [0.29, 0.717) is 18.2 Å². The predicted molar refractivity (Wildman–Crippen MR) is 92.3 cm³/mol. The van der Waals surface area contributed by atoms with E-state index in [4.69, 9.17) is 4.74 Å². The summed E-state index contributed by atoms with van der Waals surface area (Å²) >= 11 is 1.43. The number of anilines is 1. The van der Waals surface area contributed by atoms with Crippen molar-refractivity contribution in [3.8, 4) is 5.88 Å². The Morgan fingerprint density at radius 1 is 1.46 bits per heavy atom. The molecule has 0 aliphatic carbocycles. The molecule has 10 heteroatoms. The predicted octanol–water partition coefficient (Wildman–Crippen LogP) is 2.87. The van der Waals surface area contributed by atoms with Crippen LogP contribution in [0.3, 0.4) is 0 Å². The molecule has 1 fully saturated rings. The molecule has 1 unspecified atom stereocenters. The van der Waals surface area contributed by atoms with Gasteiger partial charge in [0.15, 0.2) is 5.13 Å². The number of rotatable bonds is 6. The van der Waals surface area contributed by atoms with Gasteiger partial charge in [-0.15, -0.1) is 11.3 Å². The summed E-state index contributed by atoms with van der Waals surface area (Å²) in [6.07, 6.45) is 0.826. The second-order valence-corrected chi connectivity index (χ2v) is 7.26. The Bertz CT molecular complexity index is 773. The van der Waals surface area contributed by atoms with Gasteiger partial charge < -0.3 is 10.1 Å². The van der Waals surface area contributed by atoms with Gasteiger partial charge in [-0.2, -0.15) is 0 Å². The van der Waals surface area contributed by atoms with Crippen molar-refractivity contribution in [2.75, 3.05) is 11.9 Å². The maximum atomic E-state index is 12.7. The summed E-state index contributed by atoms with van der Waals surface area (Å²) < 4.78 is 31.2. The van der Waals surface area contributed by atoms with Crippen LogP contribution in [0.5, 0.6) is 5.88 Å². The molecule has 0 aromatic carbocycles. The highest BCUT2D eigenvalue weighted by Crippen LogP contribution is 2.27. The van der Waals surface area contributed by atoms with Crippen LogP contribution in [-0.2, 0) is 11.3 Å².